The van der Waals surface area contributed by atoms with E-state index in [0.29, 0.717) is 10.7 Å². The van der Waals surface area contributed by atoms with Crippen molar-refractivity contribution < 1.29 is 5.11 Å². The number of hydrogen-bond acceptors (Lipinski definition) is 3. The highest BCUT2D eigenvalue weighted by molar-refractivity contribution is 6.31. The van der Waals surface area contributed by atoms with E-state index in [1.165, 1.54) is 0 Å². The zero-order valence-corrected chi connectivity index (χ0v) is 10.0. The van der Waals surface area contributed by atoms with Gasteiger partial charge in [-0.25, -0.2) is 0 Å². The topological polar surface area (TPSA) is 49.5 Å². The zero-order chi connectivity index (χ0) is 11.6. The van der Waals surface area contributed by atoms with Crippen LogP contribution in [0.25, 0.3) is 0 Å². The van der Waals surface area contributed by atoms with Crippen molar-refractivity contribution >= 4 is 23.0 Å². The van der Waals surface area contributed by atoms with Crippen molar-refractivity contribution in [3.8, 4) is 0 Å². The Hall–Kier alpha value is -0.930. The van der Waals surface area contributed by atoms with E-state index in [1.54, 1.807) is 12.1 Å². The molecule has 1 rings (SSSR count). The SMILES string of the molecule is CN(c1ccc(Cl)cc1N)C(C)(C)CO. The number of hydrogen-bond donors (Lipinski definition) is 2. The molecule has 0 atom stereocenters. The van der Waals surface area contributed by atoms with Gasteiger partial charge in [0.1, 0.15) is 0 Å². The van der Waals surface area contributed by atoms with Gasteiger partial charge in [0, 0.05) is 12.1 Å². The number of aliphatic hydroxyl groups excluding tert-OH is 1. The van der Waals surface area contributed by atoms with Gasteiger partial charge in [0.05, 0.1) is 23.5 Å². The largest absolute Gasteiger partial charge is 0.397 e. The lowest BCUT2D eigenvalue weighted by Crippen LogP contribution is -2.44. The Labute approximate surface area is 95.5 Å². The first-order valence-electron chi connectivity index (χ1n) is 4.78. The summed E-state index contributed by atoms with van der Waals surface area (Å²) in [6, 6.07) is 5.35. The fourth-order valence-corrected chi connectivity index (χ4v) is 1.44. The van der Waals surface area contributed by atoms with Crippen molar-refractivity contribution in [2.24, 2.45) is 0 Å². The molecule has 1 aromatic rings. The predicted octanol–water partition coefficient (Wildman–Crippen LogP) is 2.13. The molecule has 15 heavy (non-hydrogen) atoms. The van der Waals surface area contributed by atoms with Crippen molar-refractivity contribution in [1.29, 1.82) is 0 Å². The van der Waals surface area contributed by atoms with Gasteiger partial charge in [-0.3, -0.25) is 0 Å². The summed E-state index contributed by atoms with van der Waals surface area (Å²) in [7, 11) is 1.90. The van der Waals surface area contributed by atoms with E-state index in [9.17, 15) is 5.11 Å². The summed E-state index contributed by atoms with van der Waals surface area (Å²) >= 11 is 5.82. The second kappa shape index (κ2) is 4.29. The van der Waals surface area contributed by atoms with Crippen LogP contribution in [-0.2, 0) is 0 Å². The molecule has 0 radical (unpaired) electrons. The van der Waals surface area contributed by atoms with E-state index >= 15 is 0 Å². The molecule has 0 unspecified atom stereocenters. The van der Waals surface area contributed by atoms with Gasteiger partial charge in [0.2, 0.25) is 0 Å². The molecule has 0 saturated heterocycles. The van der Waals surface area contributed by atoms with Crippen LogP contribution in [0, 0.1) is 0 Å². The Kier molecular flexibility index (Phi) is 3.47. The van der Waals surface area contributed by atoms with Crippen LogP contribution in [0.5, 0.6) is 0 Å². The number of anilines is 2. The van der Waals surface area contributed by atoms with Gasteiger partial charge in [-0.1, -0.05) is 11.6 Å². The maximum Gasteiger partial charge on any atom is 0.0658 e. The maximum atomic E-state index is 9.26. The number of nitrogen functional groups attached to an aromatic ring is 1. The van der Waals surface area contributed by atoms with Crippen molar-refractivity contribution in [1.82, 2.24) is 0 Å². The molecule has 84 valence electrons. The first kappa shape index (κ1) is 12.1. The molecule has 1 aromatic carbocycles. The van der Waals surface area contributed by atoms with E-state index in [1.807, 2.05) is 31.9 Å². The molecule has 3 nitrogen and oxygen atoms in total. The van der Waals surface area contributed by atoms with E-state index in [2.05, 4.69) is 0 Å². The molecule has 0 fully saturated rings. The molecule has 0 spiro atoms. The van der Waals surface area contributed by atoms with E-state index < -0.39 is 0 Å². The standard InChI is InChI=1S/C11H17ClN2O/c1-11(2,7-15)14(3)10-5-4-8(12)6-9(10)13/h4-6,15H,7,13H2,1-3H3. The molecular formula is C11H17ClN2O. The number of rotatable bonds is 3. The van der Waals surface area contributed by atoms with Crippen LogP contribution in [0.1, 0.15) is 13.8 Å². The first-order chi connectivity index (χ1) is 6.88. The molecule has 0 aliphatic carbocycles. The molecule has 0 amide bonds. The smallest absolute Gasteiger partial charge is 0.0658 e. The van der Waals surface area contributed by atoms with Crippen molar-refractivity contribution in [2.45, 2.75) is 19.4 Å². The summed E-state index contributed by atoms with van der Waals surface area (Å²) in [5.74, 6) is 0. The fraction of sp³-hybridized carbons (Fsp3) is 0.455. The summed E-state index contributed by atoms with van der Waals surface area (Å²) in [6.07, 6.45) is 0. The van der Waals surface area contributed by atoms with Crippen LogP contribution in [0.4, 0.5) is 11.4 Å². The second-order valence-corrected chi connectivity index (χ2v) is 4.67. The van der Waals surface area contributed by atoms with E-state index in [0.717, 1.165) is 5.69 Å². The molecule has 0 aliphatic heterocycles. The predicted molar refractivity (Wildman–Crippen MR) is 65.4 cm³/mol. The average Bonchev–Trinajstić information content (AvgIpc) is 2.17. The van der Waals surface area contributed by atoms with Gasteiger partial charge in [-0.15, -0.1) is 0 Å². The number of aliphatic hydroxyl groups is 1. The summed E-state index contributed by atoms with van der Waals surface area (Å²) in [5.41, 5.74) is 7.01. The third kappa shape index (κ3) is 2.55. The quantitative estimate of drug-likeness (QED) is 0.780. The summed E-state index contributed by atoms with van der Waals surface area (Å²) in [5, 5.41) is 9.88. The highest BCUT2D eigenvalue weighted by Gasteiger charge is 2.23. The third-order valence-corrected chi connectivity index (χ3v) is 2.88. The van der Waals surface area contributed by atoms with Crippen LogP contribution in [0.15, 0.2) is 18.2 Å². The minimum absolute atomic E-state index is 0.0611. The zero-order valence-electron chi connectivity index (χ0n) is 9.29. The fourth-order valence-electron chi connectivity index (χ4n) is 1.26. The molecule has 3 N–H and O–H groups in total. The Morgan fingerprint density at radius 2 is 2.07 bits per heavy atom. The number of nitrogens with two attached hydrogens (primary N) is 1. The highest BCUT2D eigenvalue weighted by Crippen LogP contribution is 2.29. The Balaban J connectivity index is 3.06. The minimum atomic E-state index is -0.345. The Bertz CT molecular complexity index is 352. The summed E-state index contributed by atoms with van der Waals surface area (Å²) < 4.78 is 0. The van der Waals surface area contributed by atoms with Crippen molar-refractivity contribution in [3.63, 3.8) is 0 Å². The molecule has 0 saturated carbocycles. The van der Waals surface area contributed by atoms with Crippen LogP contribution < -0.4 is 10.6 Å². The summed E-state index contributed by atoms with van der Waals surface area (Å²) in [4.78, 5) is 1.94. The van der Waals surface area contributed by atoms with Crippen LogP contribution in [0.2, 0.25) is 5.02 Å². The number of benzene rings is 1. The van der Waals surface area contributed by atoms with Gasteiger partial charge < -0.3 is 15.7 Å². The normalized spacial score (nSPS) is 11.5. The molecule has 0 aliphatic rings. The van der Waals surface area contributed by atoms with E-state index in [-0.39, 0.29) is 12.1 Å². The van der Waals surface area contributed by atoms with Gasteiger partial charge in [-0.05, 0) is 32.0 Å². The lowest BCUT2D eigenvalue weighted by Gasteiger charge is -2.36. The van der Waals surface area contributed by atoms with Gasteiger partial charge in [-0.2, -0.15) is 0 Å². The third-order valence-electron chi connectivity index (χ3n) is 2.65. The van der Waals surface area contributed by atoms with Crippen molar-refractivity contribution in [3.05, 3.63) is 23.2 Å². The Morgan fingerprint density at radius 1 is 1.47 bits per heavy atom. The van der Waals surface area contributed by atoms with Crippen molar-refractivity contribution in [2.75, 3.05) is 24.3 Å². The Morgan fingerprint density at radius 3 is 2.53 bits per heavy atom. The maximum absolute atomic E-state index is 9.26. The molecular weight excluding hydrogens is 212 g/mol. The average molecular weight is 229 g/mol. The molecule has 0 aromatic heterocycles. The number of halogens is 1. The first-order valence-corrected chi connectivity index (χ1v) is 5.16. The second-order valence-electron chi connectivity index (χ2n) is 4.23. The van der Waals surface area contributed by atoms with Gasteiger partial charge >= 0.3 is 0 Å². The van der Waals surface area contributed by atoms with Gasteiger partial charge in [0.15, 0.2) is 0 Å². The number of nitrogens with zero attached hydrogens (tertiary/aromatic N) is 1. The van der Waals surface area contributed by atoms with Crippen LogP contribution >= 0.6 is 11.6 Å². The van der Waals surface area contributed by atoms with Gasteiger partial charge in [0.25, 0.3) is 0 Å². The minimum Gasteiger partial charge on any atom is -0.397 e. The molecule has 4 heteroatoms. The monoisotopic (exact) mass is 228 g/mol. The molecule has 0 bridgehead atoms. The van der Waals surface area contributed by atoms with Crippen LogP contribution in [-0.4, -0.2) is 24.3 Å². The molecule has 0 heterocycles. The lowest BCUT2D eigenvalue weighted by molar-refractivity contribution is 0.216. The lowest BCUT2D eigenvalue weighted by atomic mass is 10.0. The summed E-state index contributed by atoms with van der Waals surface area (Å²) in [6.45, 7) is 3.95. The highest BCUT2D eigenvalue weighted by atomic mass is 35.5. The van der Waals surface area contributed by atoms with Crippen LogP contribution in [0.3, 0.4) is 0 Å². The van der Waals surface area contributed by atoms with E-state index in [4.69, 9.17) is 17.3 Å². The number of likely N-dealkylation sites (N-methyl/N-ethyl adjacent to an activating group) is 1.